The highest BCUT2D eigenvalue weighted by Crippen LogP contribution is 2.27. The fraction of sp³-hybridized carbons (Fsp3) is 0.350. The van der Waals surface area contributed by atoms with Gasteiger partial charge in [-0.15, -0.1) is 0 Å². The van der Waals surface area contributed by atoms with Crippen LogP contribution in [0.4, 0.5) is 5.69 Å². The van der Waals surface area contributed by atoms with Crippen LogP contribution in [0.3, 0.4) is 0 Å². The van der Waals surface area contributed by atoms with E-state index < -0.39 is 24.5 Å². The van der Waals surface area contributed by atoms with E-state index in [4.69, 9.17) is 25.8 Å². The van der Waals surface area contributed by atoms with Gasteiger partial charge in [0, 0.05) is 16.4 Å². The fourth-order valence-corrected chi connectivity index (χ4v) is 2.92. The lowest BCUT2D eigenvalue weighted by atomic mass is 10.2. The van der Waals surface area contributed by atoms with Crippen LogP contribution in [-0.4, -0.2) is 42.7 Å². The van der Waals surface area contributed by atoms with Crippen LogP contribution in [0.2, 0.25) is 5.02 Å². The molecule has 0 aliphatic rings. The summed E-state index contributed by atoms with van der Waals surface area (Å²) in [7, 11) is 1.46. The second-order valence-corrected chi connectivity index (χ2v) is 6.58. The Hall–Kier alpha value is -3.00. The van der Waals surface area contributed by atoms with Gasteiger partial charge in [-0.3, -0.25) is 9.59 Å². The van der Waals surface area contributed by atoms with Gasteiger partial charge in [0.15, 0.2) is 6.61 Å². The van der Waals surface area contributed by atoms with Gasteiger partial charge < -0.3 is 24.1 Å². The molecule has 0 saturated carbocycles. The van der Waals surface area contributed by atoms with Gasteiger partial charge in [0.2, 0.25) is 0 Å². The van der Waals surface area contributed by atoms with Crippen molar-refractivity contribution in [3.63, 3.8) is 0 Å². The van der Waals surface area contributed by atoms with Crippen molar-refractivity contribution in [1.29, 1.82) is 0 Å². The van der Waals surface area contributed by atoms with Gasteiger partial charge in [0.1, 0.15) is 12.3 Å². The SMILES string of the molecule is CCOC(=O)c1cc(C)n(CC(=O)OCC(=O)Nc2cc(Cl)ccc2OC)c1C. The maximum absolute atomic E-state index is 12.2. The number of aryl methyl sites for hydroxylation is 1. The van der Waals surface area contributed by atoms with Crippen LogP contribution in [0.25, 0.3) is 0 Å². The molecule has 0 unspecified atom stereocenters. The van der Waals surface area contributed by atoms with Crippen molar-refractivity contribution < 1.29 is 28.6 Å². The van der Waals surface area contributed by atoms with Gasteiger partial charge in [-0.25, -0.2) is 4.79 Å². The first-order valence-corrected chi connectivity index (χ1v) is 9.27. The van der Waals surface area contributed by atoms with Gasteiger partial charge in [-0.1, -0.05) is 11.6 Å². The van der Waals surface area contributed by atoms with Gasteiger partial charge in [-0.2, -0.15) is 0 Å². The largest absolute Gasteiger partial charge is 0.495 e. The summed E-state index contributed by atoms with van der Waals surface area (Å²) in [4.78, 5) is 36.2. The number of anilines is 1. The average molecular weight is 423 g/mol. The number of halogens is 1. The Morgan fingerprint density at radius 3 is 2.52 bits per heavy atom. The van der Waals surface area contributed by atoms with Crippen molar-refractivity contribution in [2.24, 2.45) is 0 Å². The van der Waals surface area contributed by atoms with Crippen molar-refractivity contribution in [3.8, 4) is 5.75 Å². The first-order chi connectivity index (χ1) is 13.8. The number of nitrogens with zero attached hydrogens (tertiary/aromatic N) is 1. The van der Waals surface area contributed by atoms with Crippen molar-refractivity contribution in [2.75, 3.05) is 25.6 Å². The molecule has 1 heterocycles. The summed E-state index contributed by atoms with van der Waals surface area (Å²) < 4.78 is 16.8. The van der Waals surface area contributed by atoms with E-state index in [0.717, 1.165) is 0 Å². The molecular weight excluding hydrogens is 400 g/mol. The maximum Gasteiger partial charge on any atom is 0.339 e. The van der Waals surface area contributed by atoms with E-state index in [-0.39, 0.29) is 13.2 Å². The second kappa shape index (κ2) is 9.97. The zero-order chi connectivity index (χ0) is 21.6. The van der Waals surface area contributed by atoms with Crippen molar-refractivity contribution >= 4 is 35.1 Å². The molecule has 0 aliphatic heterocycles. The van der Waals surface area contributed by atoms with Crippen molar-refractivity contribution in [3.05, 3.63) is 46.2 Å². The van der Waals surface area contributed by atoms with E-state index in [1.54, 1.807) is 43.5 Å². The molecule has 0 saturated heterocycles. The lowest BCUT2D eigenvalue weighted by molar-refractivity contribution is -0.147. The van der Waals surface area contributed by atoms with Crippen molar-refractivity contribution in [1.82, 2.24) is 4.57 Å². The molecule has 29 heavy (non-hydrogen) atoms. The van der Waals surface area contributed by atoms with Crippen LogP contribution in [0, 0.1) is 13.8 Å². The van der Waals surface area contributed by atoms with E-state index >= 15 is 0 Å². The van der Waals surface area contributed by atoms with E-state index in [2.05, 4.69) is 5.32 Å². The van der Waals surface area contributed by atoms with Crippen LogP contribution >= 0.6 is 11.6 Å². The number of amides is 1. The fourth-order valence-electron chi connectivity index (χ4n) is 2.74. The third-order valence-corrected chi connectivity index (χ3v) is 4.39. The Morgan fingerprint density at radius 2 is 1.86 bits per heavy atom. The molecule has 0 radical (unpaired) electrons. The Kier molecular flexibility index (Phi) is 7.67. The monoisotopic (exact) mass is 422 g/mol. The molecule has 2 aromatic rings. The van der Waals surface area contributed by atoms with Crippen LogP contribution in [-0.2, 0) is 25.6 Å². The third kappa shape index (κ3) is 5.74. The number of methoxy groups -OCH3 is 1. The summed E-state index contributed by atoms with van der Waals surface area (Å²) in [6, 6.07) is 6.42. The molecule has 0 bridgehead atoms. The molecule has 0 aliphatic carbocycles. The highest BCUT2D eigenvalue weighted by atomic mass is 35.5. The normalized spacial score (nSPS) is 10.4. The number of ether oxygens (including phenoxy) is 3. The van der Waals surface area contributed by atoms with E-state index in [1.807, 2.05) is 0 Å². The highest BCUT2D eigenvalue weighted by Gasteiger charge is 2.19. The van der Waals surface area contributed by atoms with Crippen LogP contribution < -0.4 is 10.1 Å². The Bertz CT molecular complexity index is 922. The summed E-state index contributed by atoms with van der Waals surface area (Å²) in [6.45, 7) is 4.85. The molecule has 1 aromatic carbocycles. The standard InChI is InChI=1S/C20H23ClN2O6/c1-5-28-20(26)15-8-12(2)23(13(15)3)10-19(25)29-11-18(24)22-16-9-14(21)6-7-17(16)27-4/h6-9H,5,10-11H2,1-4H3,(H,22,24). The smallest absolute Gasteiger partial charge is 0.339 e. The predicted molar refractivity (Wildman–Crippen MR) is 107 cm³/mol. The number of esters is 2. The molecule has 2 rings (SSSR count). The number of hydrogen-bond donors (Lipinski definition) is 1. The van der Waals surface area contributed by atoms with Crippen LogP contribution in [0.1, 0.15) is 28.7 Å². The Balaban J connectivity index is 1.96. The van der Waals surface area contributed by atoms with Gasteiger partial charge >= 0.3 is 11.9 Å². The van der Waals surface area contributed by atoms with Gasteiger partial charge in [0.25, 0.3) is 5.91 Å². The lowest BCUT2D eigenvalue weighted by Crippen LogP contribution is -2.23. The topological polar surface area (TPSA) is 95.9 Å². The number of aromatic nitrogens is 1. The number of nitrogens with one attached hydrogen (secondary N) is 1. The molecule has 0 atom stereocenters. The number of rotatable bonds is 8. The first-order valence-electron chi connectivity index (χ1n) is 8.89. The quantitative estimate of drug-likeness (QED) is 0.656. The molecule has 0 spiro atoms. The summed E-state index contributed by atoms with van der Waals surface area (Å²) in [6.07, 6.45) is 0. The Morgan fingerprint density at radius 1 is 1.14 bits per heavy atom. The second-order valence-electron chi connectivity index (χ2n) is 6.14. The van der Waals surface area contributed by atoms with E-state index in [1.165, 1.54) is 13.2 Å². The van der Waals surface area contributed by atoms with Crippen LogP contribution in [0.5, 0.6) is 5.75 Å². The molecule has 8 nitrogen and oxygen atoms in total. The van der Waals surface area contributed by atoms with Crippen molar-refractivity contribution in [2.45, 2.75) is 27.3 Å². The highest BCUT2D eigenvalue weighted by molar-refractivity contribution is 6.31. The summed E-state index contributed by atoms with van der Waals surface area (Å²) >= 11 is 5.92. The summed E-state index contributed by atoms with van der Waals surface area (Å²) in [5.41, 5.74) is 2.06. The molecular formula is C20H23ClN2O6. The molecule has 9 heteroatoms. The minimum absolute atomic E-state index is 0.134. The van der Waals surface area contributed by atoms with E-state index in [0.29, 0.717) is 33.4 Å². The Labute approximate surface area is 173 Å². The summed E-state index contributed by atoms with van der Waals surface area (Å²) in [5.74, 6) is -1.17. The zero-order valence-electron chi connectivity index (χ0n) is 16.7. The molecule has 1 N–H and O–H groups in total. The molecule has 1 amide bonds. The van der Waals surface area contributed by atoms with Gasteiger partial charge in [-0.05, 0) is 45.0 Å². The number of benzene rings is 1. The maximum atomic E-state index is 12.2. The molecule has 0 fully saturated rings. The summed E-state index contributed by atoms with van der Waals surface area (Å²) in [5, 5.41) is 3.01. The van der Waals surface area contributed by atoms with Gasteiger partial charge in [0.05, 0.1) is 25.0 Å². The third-order valence-electron chi connectivity index (χ3n) is 4.16. The predicted octanol–water partition coefficient (Wildman–Crippen LogP) is 3.13. The molecule has 1 aromatic heterocycles. The minimum atomic E-state index is -0.615. The zero-order valence-corrected chi connectivity index (χ0v) is 17.5. The van der Waals surface area contributed by atoms with Crippen LogP contribution in [0.15, 0.2) is 24.3 Å². The minimum Gasteiger partial charge on any atom is -0.495 e. The number of carbonyl (C=O) groups excluding carboxylic acids is 3. The lowest BCUT2D eigenvalue weighted by Gasteiger charge is -2.12. The first kappa shape index (κ1) is 22.3. The average Bonchev–Trinajstić information content (AvgIpc) is 2.95. The molecule has 156 valence electrons. The number of hydrogen-bond acceptors (Lipinski definition) is 6. The number of carbonyl (C=O) groups is 3. The van der Waals surface area contributed by atoms with E-state index in [9.17, 15) is 14.4 Å².